The van der Waals surface area contributed by atoms with Gasteiger partial charge in [0.25, 0.3) is 0 Å². The lowest BCUT2D eigenvalue weighted by molar-refractivity contribution is 0.438. The quantitative estimate of drug-likeness (QED) is 0.875. The van der Waals surface area contributed by atoms with Gasteiger partial charge in [-0.2, -0.15) is 0 Å². The van der Waals surface area contributed by atoms with E-state index in [0.29, 0.717) is 18.2 Å². The van der Waals surface area contributed by atoms with Crippen molar-refractivity contribution in [3.63, 3.8) is 0 Å². The fraction of sp³-hybridized carbons (Fsp3) is 0.455. The number of halogens is 1. The van der Waals surface area contributed by atoms with Gasteiger partial charge in [-0.05, 0) is 36.2 Å². The van der Waals surface area contributed by atoms with Gasteiger partial charge < -0.3 is 10.8 Å². The summed E-state index contributed by atoms with van der Waals surface area (Å²) in [5.74, 6) is 0.977. The Labute approximate surface area is 93.3 Å². The number of phenols is 1. The molecule has 0 bridgehead atoms. The molecule has 0 aromatic heterocycles. The van der Waals surface area contributed by atoms with Crippen LogP contribution in [0, 0.1) is 5.92 Å². The number of hydrogen-bond acceptors (Lipinski definition) is 2. The second-order valence-electron chi connectivity index (χ2n) is 3.79. The van der Waals surface area contributed by atoms with Gasteiger partial charge in [0, 0.05) is 10.4 Å². The molecule has 1 aromatic rings. The van der Waals surface area contributed by atoms with Crippen LogP contribution < -0.4 is 5.73 Å². The van der Waals surface area contributed by atoms with Gasteiger partial charge in [0.05, 0.1) is 0 Å². The van der Waals surface area contributed by atoms with E-state index in [4.69, 9.17) is 5.73 Å². The molecule has 2 nitrogen and oxygen atoms in total. The number of rotatable bonds is 3. The Hall–Kier alpha value is -0.540. The maximum absolute atomic E-state index is 9.71. The summed E-state index contributed by atoms with van der Waals surface area (Å²) in [4.78, 5) is 0. The molecule has 0 spiro atoms. The highest BCUT2D eigenvalue weighted by atomic mass is 79.9. The third kappa shape index (κ3) is 2.49. The largest absolute Gasteiger partial charge is 0.508 e. The highest BCUT2D eigenvalue weighted by Crippen LogP contribution is 2.32. The topological polar surface area (TPSA) is 46.2 Å². The van der Waals surface area contributed by atoms with Crippen molar-refractivity contribution in [1.82, 2.24) is 0 Å². The Morgan fingerprint density at radius 3 is 2.57 bits per heavy atom. The zero-order chi connectivity index (χ0) is 10.7. The van der Waals surface area contributed by atoms with Gasteiger partial charge >= 0.3 is 0 Å². The summed E-state index contributed by atoms with van der Waals surface area (Å²) in [5, 5.41) is 9.71. The third-order valence-electron chi connectivity index (χ3n) is 2.45. The summed E-state index contributed by atoms with van der Waals surface area (Å²) >= 11 is 3.39. The lowest BCUT2D eigenvalue weighted by Gasteiger charge is -2.20. The Morgan fingerprint density at radius 2 is 2.07 bits per heavy atom. The standard InChI is InChI=1S/C11H16BrNO/c1-7(2)10(6-13)9-5-8(12)3-4-11(9)14/h3-5,7,10,14H,6,13H2,1-2H3. The maximum atomic E-state index is 9.71. The van der Waals surface area contributed by atoms with Crippen LogP contribution in [-0.4, -0.2) is 11.7 Å². The van der Waals surface area contributed by atoms with Crippen LogP contribution in [-0.2, 0) is 0 Å². The van der Waals surface area contributed by atoms with E-state index in [0.717, 1.165) is 10.0 Å². The van der Waals surface area contributed by atoms with Gasteiger partial charge in [-0.25, -0.2) is 0 Å². The first kappa shape index (κ1) is 11.5. The normalized spacial score (nSPS) is 13.2. The molecule has 3 heteroatoms. The molecule has 3 N–H and O–H groups in total. The molecule has 0 radical (unpaired) electrons. The van der Waals surface area contributed by atoms with Gasteiger partial charge in [0.15, 0.2) is 0 Å². The molecular formula is C11H16BrNO. The molecule has 0 aliphatic carbocycles. The predicted molar refractivity (Wildman–Crippen MR) is 62.4 cm³/mol. The fourth-order valence-corrected chi connectivity index (χ4v) is 1.96. The van der Waals surface area contributed by atoms with Crippen molar-refractivity contribution in [2.75, 3.05) is 6.54 Å². The molecule has 0 aliphatic rings. The number of aromatic hydroxyl groups is 1. The van der Waals surface area contributed by atoms with Crippen molar-refractivity contribution in [1.29, 1.82) is 0 Å². The Morgan fingerprint density at radius 1 is 1.43 bits per heavy atom. The summed E-state index contributed by atoms with van der Waals surface area (Å²) in [6.45, 7) is 4.78. The molecule has 0 saturated heterocycles. The van der Waals surface area contributed by atoms with Crippen molar-refractivity contribution in [2.24, 2.45) is 11.7 Å². The molecule has 1 atom stereocenters. The minimum Gasteiger partial charge on any atom is -0.508 e. The number of hydrogen-bond donors (Lipinski definition) is 2. The van der Waals surface area contributed by atoms with Crippen molar-refractivity contribution < 1.29 is 5.11 Å². The van der Waals surface area contributed by atoms with Crippen LogP contribution in [0.1, 0.15) is 25.3 Å². The van der Waals surface area contributed by atoms with Crippen LogP contribution in [0.5, 0.6) is 5.75 Å². The molecule has 0 aliphatic heterocycles. The Balaban J connectivity index is 3.08. The molecule has 1 rings (SSSR count). The molecule has 0 saturated carbocycles. The molecule has 14 heavy (non-hydrogen) atoms. The molecular weight excluding hydrogens is 242 g/mol. The first-order chi connectivity index (χ1) is 6.56. The smallest absolute Gasteiger partial charge is 0.119 e. The predicted octanol–water partition coefficient (Wildman–Crippen LogP) is 2.85. The summed E-state index contributed by atoms with van der Waals surface area (Å²) in [5.41, 5.74) is 6.63. The third-order valence-corrected chi connectivity index (χ3v) is 2.94. The van der Waals surface area contributed by atoms with E-state index in [2.05, 4.69) is 29.8 Å². The fourth-order valence-electron chi connectivity index (χ4n) is 1.58. The van der Waals surface area contributed by atoms with Crippen molar-refractivity contribution in [3.8, 4) is 5.75 Å². The lowest BCUT2D eigenvalue weighted by atomic mass is 9.88. The SMILES string of the molecule is CC(C)C(CN)c1cc(Br)ccc1O. The number of phenolic OH excluding ortho intramolecular Hbond substituents is 1. The van der Waals surface area contributed by atoms with E-state index in [1.54, 1.807) is 6.07 Å². The molecule has 0 fully saturated rings. The summed E-state index contributed by atoms with van der Waals surface area (Å²) < 4.78 is 0.976. The highest BCUT2D eigenvalue weighted by molar-refractivity contribution is 9.10. The molecule has 78 valence electrons. The second-order valence-corrected chi connectivity index (χ2v) is 4.71. The van der Waals surface area contributed by atoms with Crippen molar-refractivity contribution >= 4 is 15.9 Å². The summed E-state index contributed by atoms with van der Waals surface area (Å²) in [6.07, 6.45) is 0. The van der Waals surface area contributed by atoms with Gasteiger partial charge in [-0.3, -0.25) is 0 Å². The van der Waals surface area contributed by atoms with Gasteiger partial charge in [0.1, 0.15) is 5.75 Å². The average Bonchev–Trinajstić information content (AvgIpc) is 2.11. The second kappa shape index (κ2) is 4.80. The van der Waals surface area contributed by atoms with Gasteiger partial charge in [-0.1, -0.05) is 29.8 Å². The molecule has 0 heterocycles. The van der Waals surface area contributed by atoms with E-state index in [9.17, 15) is 5.11 Å². The molecule has 1 unspecified atom stereocenters. The summed E-state index contributed by atoms with van der Waals surface area (Å²) in [7, 11) is 0. The average molecular weight is 258 g/mol. The lowest BCUT2D eigenvalue weighted by Crippen LogP contribution is -2.17. The molecule has 0 amide bonds. The van der Waals surface area contributed by atoms with E-state index in [1.807, 2.05) is 12.1 Å². The molecule has 1 aromatic carbocycles. The van der Waals surface area contributed by atoms with E-state index < -0.39 is 0 Å². The zero-order valence-corrected chi connectivity index (χ0v) is 10.1. The summed E-state index contributed by atoms with van der Waals surface area (Å²) in [6, 6.07) is 5.46. The van der Waals surface area contributed by atoms with E-state index >= 15 is 0 Å². The Kier molecular flexibility index (Phi) is 3.96. The highest BCUT2D eigenvalue weighted by Gasteiger charge is 2.17. The van der Waals surface area contributed by atoms with Crippen LogP contribution in [0.4, 0.5) is 0 Å². The van der Waals surface area contributed by atoms with Crippen LogP contribution in [0.25, 0.3) is 0 Å². The minimum absolute atomic E-state index is 0.215. The van der Waals surface area contributed by atoms with Crippen molar-refractivity contribution in [3.05, 3.63) is 28.2 Å². The Bertz CT molecular complexity index is 312. The van der Waals surface area contributed by atoms with E-state index in [1.165, 1.54) is 0 Å². The zero-order valence-electron chi connectivity index (χ0n) is 8.50. The van der Waals surface area contributed by atoms with Crippen LogP contribution in [0.3, 0.4) is 0 Å². The maximum Gasteiger partial charge on any atom is 0.119 e. The van der Waals surface area contributed by atoms with E-state index in [-0.39, 0.29) is 5.92 Å². The minimum atomic E-state index is 0.215. The monoisotopic (exact) mass is 257 g/mol. The van der Waals surface area contributed by atoms with Crippen molar-refractivity contribution in [2.45, 2.75) is 19.8 Å². The van der Waals surface area contributed by atoms with Crippen LogP contribution in [0.2, 0.25) is 0 Å². The van der Waals surface area contributed by atoms with Crippen LogP contribution in [0.15, 0.2) is 22.7 Å². The first-order valence-corrected chi connectivity index (χ1v) is 5.54. The van der Waals surface area contributed by atoms with Gasteiger partial charge in [0.2, 0.25) is 0 Å². The number of nitrogens with two attached hydrogens (primary N) is 1. The first-order valence-electron chi connectivity index (χ1n) is 4.74. The van der Waals surface area contributed by atoms with Crippen LogP contribution >= 0.6 is 15.9 Å². The number of benzene rings is 1. The van der Waals surface area contributed by atoms with Gasteiger partial charge in [-0.15, -0.1) is 0 Å².